The van der Waals surface area contributed by atoms with Gasteiger partial charge in [-0.2, -0.15) is 0 Å². The maximum Gasteiger partial charge on any atom is 0.255 e. The standard InChI is InChI=1S/C19H24N4O3S/c1-20-27(25,26)18-9-3-15(4-10-18)19(24)21-16-5-7-17(8-6-16)23-13-11-22(2)12-14-23/h3-10,20H,11-14H2,1-2H3,(H,21,24). The highest BCUT2D eigenvalue weighted by atomic mass is 32.2. The molecule has 1 fully saturated rings. The summed E-state index contributed by atoms with van der Waals surface area (Å²) in [6, 6.07) is 13.6. The Hall–Kier alpha value is -2.42. The van der Waals surface area contributed by atoms with Crippen LogP contribution < -0.4 is 14.9 Å². The van der Waals surface area contributed by atoms with Crippen molar-refractivity contribution in [2.24, 2.45) is 0 Å². The molecule has 1 saturated heterocycles. The summed E-state index contributed by atoms with van der Waals surface area (Å²) >= 11 is 0. The van der Waals surface area contributed by atoms with Crippen LogP contribution in [0.1, 0.15) is 10.4 Å². The molecular formula is C19H24N4O3S. The van der Waals surface area contributed by atoms with Crippen molar-refractivity contribution >= 4 is 27.3 Å². The Morgan fingerprint density at radius 1 is 0.926 bits per heavy atom. The fraction of sp³-hybridized carbons (Fsp3) is 0.316. The van der Waals surface area contributed by atoms with E-state index in [-0.39, 0.29) is 10.8 Å². The average molecular weight is 388 g/mol. The molecule has 1 aliphatic rings. The first-order valence-corrected chi connectivity index (χ1v) is 10.3. The summed E-state index contributed by atoms with van der Waals surface area (Å²) < 4.78 is 25.7. The van der Waals surface area contributed by atoms with E-state index in [1.165, 1.54) is 31.3 Å². The highest BCUT2D eigenvalue weighted by Gasteiger charge is 2.15. The molecule has 7 nitrogen and oxygen atoms in total. The molecule has 144 valence electrons. The van der Waals surface area contributed by atoms with Crippen LogP contribution in [0.25, 0.3) is 0 Å². The topological polar surface area (TPSA) is 81.7 Å². The second-order valence-corrected chi connectivity index (χ2v) is 8.41. The van der Waals surface area contributed by atoms with Crippen molar-refractivity contribution in [2.75, 3.05) is 50.5 Å². The number of piperazine rings is 1. The summed E-state index contributed by atoms with van der Waals surface area (Å²) in [6.07, 6.45) is 0. The van der Waals surface area contributed by atoms with Gasteiger partial charge in [0.15, 0.2) is 0 Å². The first kappa shape index (κ1) is 19.3. The number of carbonyl (C=O) groups is 1. The van der Waals surface area contributed by atoms with E-state index in [1.54, 1.807) is 0 Å². The summed E-state index contributed by atoms with van der Waals surface area (Å²) in [5.41, 5.74) is 2.24. The number of amides is 1. The maximum atomic E-state index is 12.4. The lowest BCUT2D eigenvalue weighted by molar-refractivity contribution is 0.102. The molecule has 0 saturated carbocycles. The lowest BCUT2D eigenvalue weighted by atomic mass is 10.2. The monoisotopic (exact) mass is 388 g/mol. The summed E-state index contributed by atoms with van der Waals surface area (Å²) in [6.45, 7) is 4.06. The van der Waals surface area contributed by atoms with Crippen LogP contribution in [0, 0.1) is 0 Å². The smallest absolute Gasteiger partial charge is 0.255 e. The lowest BCUT2D eigenvalue weighted by Gasteiger charge is -2.34. The van der Waals surface area contributed by atoms with Crippen molar-refractivity contribution in [3.8, 4) is 0 Å². The van der Waals surface area contributed by atoms with E-state index >= 15 is 0 Å². The van der Waals surface area contributed by atoms with Crippen LogP contribution in [0.2, 0.25) is 0 Å². The SMILES string of the molecule is CNS(=O)(=O)c1ccc(C(=O)Nc2ccc(N3CCN(C)CC3)cc2)cc1. The molecule has 1 heterocycles. The third-order valence-corrected chi connectivity index (χ3v) is 6.12. The maximum absolute atomic E-state index is 12.4. The fourth-order valence-corrected chi connectivity index (χ4v) is 3.66. The van der Waals surface area contributed by atoms with Crippen LogP contribution in [0.4, 0.5) is 11.4 Å². The van der Waals surface area contributed by atoms with Gasteiger partial charge in [-0.05, 0) is 62.6 Å². The Morgan fingerprint density at radius 2 is 1.52 bits per heavy atom. The van der Waals surface area contributed by atoms with Gasteiger partial charge in [0.05, 0.1) is 4.90 Å². The molecular weight excluding hydrogens is 364 g/mol. The van der Waals surface area contributed by atoms with Crippen molar-refractivity contribution < 1.29 is 13.2 Å². The number of hydrogen-bond donors (Lipinski definition) is 2. The van der Waals surface area contributed by atoms with E-state index < -0.39 is 10.0 Å². The number of nitrogens with one attached hydrogen (secondary N) is 2. The minimum atomic E-state index is -3.51. The Bertz CT molecular complexity index is 888. The first-order valence-electron chi connectivity index (χ1n) is 8.77. The molecule has 3 rings (SSSR count). The second-order valence-electron chi connectivity index (χ2n) is 6.52. The molecule has 0 bridgehead atoms. The van der Waals surface area contributed by atoms with Crippen molar-refractivity contribution in [3.63, 3.8) is 0 Å². The van der Waals surface area contributed by atoms with Crippen molar-refractivity contribution in [1.29, 1.82) is 0 Å². The largest absolute Gasteiger partial charge is 0.369 e. The minimum absolute atomic E-state index is 0.123. The van der Waals surface area contributed by atoms with Crippen LogP contribution in [-0.2, 0) is 10.0 Å². The van der Waals surface area contributed by atoms with Crippen LogP contribution in [0.15, 0.2) is 53.4 Å². The molecule has 2 aromatic rings. The van der Waals surface area contributed by atoms with Gasteiger partial charge in [-0.1, -0.05) is 0 Å². The van der Waals surface area contributed by atoms with Gasteiger partial charge in [-0.3, -0.25) is 4.79 Å². The van der Waals surface area contributed by atoms with Gasteiger partial charge in [-0.25, -0.2) is 13.1 Å². The normalized spacial score (nSPS) is 15.6. The number of rotatable bonds is 5. The van der Waals surface area contributed by atoms with Crippen molar-refractivity contribution in [2.45, 2.75) is 4.90 Å². The number of benzene rings is 2. The van der Waals surface area contributed by atoms with E-state index in [4.69, 9.17) is 0 Å². The van der Waals surface area contributed by atoms with Crippen molar-refractivity contribution in [1.82, 2.24) is 9.62 Å². The lowest BCUT2D eigenvalue weighted by Crippen LogP contribution is -2.44. The van der Waals surface area contributed by atoms with Crippen LogP contribution in [0.5, 0.6) is 0 Å². The molecule has 0 radical (unpaired) electrons. The predicted molar refractivity (Wildman–Crippen MR) is 107 cm³/mol. The Morgan fingerprint density at radius 3 is 2.07 bits per heavy atom. The number of anilines is 2. The summed E-state index contributed by atoms with van der Waals surface area (Å²) in [5, 5.41) is 2.84. The number of sulfonamides is 1. The number of likely N-dealkylation sites (N-methyl/N-ethyl adjacent to an activating group) is 1. The van der Waals surface area contributed by atoms with Gasteiger partial charge in [-0.15, -0.1) is 0 Å². The predicted octanol–water partition coefficient (Wildman–Crippen LogP) is 1.60. The summed E-state index contributed by atoms with van der Waals surface area (Å²) in [4.78, 5) is 17.1. The average Bonchev–Trinajstić information content (AvgIpc) is 2.69. The number of hydrogen-bond acceptors (Lipinski definition) is 5. The Kier molecular flexibility index (Phi) is 5.79. The van der Waals surface area contributed by atoms with E-state index in [9.17, 15) is 13.2 Å². The van der Waals surface area contributed by atoms with Crippen LogP contribution in [-0.4, -0.2) is 59.5 Å². The zero-order valence-corrected chi connectivity index (χ0v) is 16.3. The summed E-state index contributed by atoms with van der Waals surface area (Å²) in [5.74, 6) is -0.282. The summed E-state index contributed by atoms with van der Waals surface area (Å²) in [7, 11) is -0.0372. The third-order valence-electron chi connectivity index (χ3n) is 4.69. The number of nitrogens with zero attached hydrogens (tertiary/aromatic N) is 2. The van der Waals surface area contributed by atoms with Gasteiger partial charge >= 0.3 is 0 Å². The first-order chi connectivity index (χ1) is 12.9. The van der Waals surface area contributed by atoms with Crippen molar-refractivity contribution in [3.05, 3.63) is 54.1 Å². The Balaban J connectivity index is 1.64. The van der Waals surface area contributed by atoms with E-state index in [0.717, 1.165) is 31.9 Å². The van der Waals surface area contributed by atoms with Crippen LogP contribution >= 0.6 is 0 Å². The van der Waals surface area contributed by atoms with E-state index in [2.05, 4.69) is 26.9 Å². The molecule has 0 aliphatic carbocycles. The van der Waals surface area contributed by atoms with Gasteiger partial charge in [0.25, 0.3) is 5.91 Å². The van der Waals surface area contributed by atoms with E-state index in [0.29, 0.717) is 11.3 Å². The third kappa shape index (κ3) is 4.65. The Labute approximate surface area is 160 Å². The minimum Gasteiger partial charge on any atom is -0.369 e. The molecule has 2 N–H and O–H groups in total. The quantitative estimate of drug-likeness (QED) is 0.813. The van der Waals surface area contributed by atoms with Gasteiger partial charge in [0, 0.05) is 43.1 Å². The zero-order chi connectivity index (χ0) is 19.4. The van der Waals surface area contributed by atoms with E-state index in [1.807, 2.05) is 24.3 Å². The molecule has 27 heavy (non-hydrogen) atoms. The zero-order valence-electron chi connectivity index (χ0n) is 15.5. The van der Waals surface area contributed by atoms with Gasteiger partial charge in [0.2, 0.25) is 10.0 Å². The van der Waals surface area contributed by atoms with Crippen LogP contribution in [0.3, 0.4) is 0 Å². The molecule has 0 aromatic heterocycles. The highest BCUT2D eigenvalue weighted by molar-refractivity contribution is 7.89. The second kappa shape index (κ2) is 8.08. The molecule has 8 heteroatoms. The molecule has 0 spiro atoms. The highest BCUT2D eigenvalue weighted by Crippen LogP contribution is 2.20. The van der Waals surface area contributed by atoms with Gasteiger partial charge < -0.3 is 15.1 Å². The molecule has 0 atom stereocenters. The molecule has 0 unspecified atom stereocenters. The van der Waals surface area contributed by atoms with Gasteiger partial charge in [0.1, 0.15) is 0 Å². The number of carbonyl (C=O) groups excluding carboxylic acids is 1. The fourth-order valence-electron chi connectivity index (χ4n) is 2.93. The molecule has 1 aliphatic heterocycles. The molecule has 1 amide bonds. The molecule has 2 aromatic carbocycles.